The molecule has 2 aromatic rings. The molecule has 0 unspecified atom stereocenters. The van der Waals surface area contributed by atoms with Crippen LogP contribution in [0.25, 0.3) is 0 Å². The Morgan fingerprint density at radius 1 is 0.952 bits per heavy atom. The van der Waals surface area contributed by atoms with E-state index < -0.39 is 0 Å². The molecule has 0 aliphatic rings. The zero-order valence-electron chi connectivity index (χ0n) is 11.8. The summed E-state index contributed by atoms with van der Waals surface area (Å²) in [5.74, 6) is -0.119. The molecule has 0 radical (unpaired) electrons. The molecule has 0 aromatic heterocycles. The van der Waals surface area contributed by atoms with Gasteiger partial charge in [-0.1, -0.05) is 29.3 Å². The Morgan fingerprint density at radius 2 is 1.62 bits per heavy atom. The molecule has 0 saturated carbocycles. The van der Waals surface area contributed by atoms with E-state index in [0.717, 1.165) is 22.5 Å². The van der Waals surface area contributed by atoms with Crippen LogP contribution in [0.5, 0.6) is 0 Å². The van der Waals surface area contributed by atoms with Gasteiger partial charge in [0.25, 0.3) is 0 Å². The van der Waals surface area contributed by atoms with Gasteiger partial charge >= 0.3 is 0 Å². The van der Waals surface area contributed by atoms with E-state index in [0.29, 0.717) is 10.0 Å². The largest absolute Gasteiger partial charge is 0.376 e. The van der Waals surface area contributed by atoms with Gasteiger partial charge in [-0.05, 0) is 55.3 Å². The summed E-state index contributed by atoms with van der Waals surface area (Å²) in [4.78, 5) is 11.9. The van der Waals surface area contributed by atoms with Crippen LogP contribution in [0.3, 0.4) is 0 Å². The Balaban J connectivity index is 1.94. The van der Waals surface area contributed by atoms with E-state index in [4.69, 9.17) is 23.2 Å². The maximum atomic E-state index is 11.9. The van der Waals surface area contributed by atoms with Gasteiger partial charge in [-0.3, -0.25) is 4.79 Å². The molecule has 2 rings (SSSR count). The fourth-order valence-corrected chi connectivity index (χ4v) is 2.34. The van der Waals surface area contributed by atoms with Gasteiger partial charge in [0.2, 0.25) is 5.91 Å². The highest BCUT2D eigenvalue weighted by atomic mass is 35.5. The van der Waals surface area contributed by atoms with Crippen LogP contribution < -0.4 is 10.6 Å². The van der Waals surface area contributed by atoms with Gasteiger partial charge in [0, 0.05) is 11.4 Å². The number of halogens is 2. The van der Waals surface area contributed by atoms with Gasteiger partial charge in [-0.15, -0.1) is 0 Å². The lowest BCUT2D eigenvalue weighted by atomic mass is 10.1. The topological polar surface area (TPSA) is 41.1 Å². The molecule has 0 bridgehead atoms. The summed E-state index contributed by atoms with van der Waals surface area (Å²) < 4.78 is 0. The van der Waals surface area contributed by atoms with Crippen molar-refractivity contribution in [1.82, 2.24) is 0 Å². The molecule has 5 heteroatoms. The van der Waals surface area contributed by atoms with Crippen LogP contribution in [0.4, 0.5) is 11.4 Å². The number of amides is 1. The van der Waals surface area contributed by atoms with Crippen molar-refractivity contribution < 1.29 is 4.79 Å². The first-order valence-electron chi connectivity index (χ1n) is 6.51. The predicted molar refractivity (Wildman–Crippen MR) is 89.5 cm³/mol. The van der Waals surface area contributed by atoms with E-state index in [1.54, 1.807) is 18.2 Å². The van der Waals surface area contributed by atoms with Crippen LogP contribution in [-0.4, -0.2) is 12.5 Å². The fraction of sp³-hybridized carbons (Fsp3) is 0.188. The molecule has 0 atom stereocenters. The molecule has 1 amide bonds. The van der Waals surface area contributed by atoms with E-state index in [9.17, 15) is 4.79 Å². The molecule has 0 saturated heterocycles. The smallest absolute Gasteiger partial charge is 0.243 e. The average Bonchev–Trinajstić information content (AvgIpc) is 2.39. The third kappa shape index (κ3) is 4.66. The summed E-state index contributed by atoms with van der Waals surface area (Å²) in [5.41, 5.74) is 3.78. The molecule has 2 N–H and O–H groups in total. The molecule has 21 heavy (non-hydrogen) atoms. The molecular weight excluding hydrogens is 307 g/mol. The molecular formula is C16H16Cl2N2O. The average molecular weight is 323 g/mol. The van der Waals surface area contributed by atoms with Gasteiger partial charge in [0.1, 0.15) is 0 Å². The highest BCUT2D eigenvalue weighted by Crippen LogP contribution is 2.24. The number of aryl methyl sites for hydroxylation is 2. The number of hydrogen-bond acceptors (Lipinski definition) is 2. The van der Waals surface area contributed by atoms with Gasteiger partial charge in [-0.2, -0.15) is 0 Å². The van der Waals surface area contributed by atoms with Crippen molar-refractivity contribution in [3.8, 4) is 0 Å². The maximum absolute atomic E-state index is 11.9. The minimum atomic E-state index is -0.119. The number of anilines is 2. The summed E-state index contributed by atoms with van der Waals surface area (Å²) in [6.07, 6.45) is 0. The molecule has 0 spiro atoms. The van der Waals surface area contributed by atoms with Gasteiger partial charge in [0.15, 0.2) is 0 Å². The Hall–Kier alpha value is -1.71. The number of hydrogen-bond donors (Lipinski definition) is 2. The molecule has 110 valence electrons. The first-order chi connectivity index (χ1) is 9.94. The van der Waals surface area contributed by atoms with E-state index in [2.05, 4.69) is 16.7 Å². The number of rotatable bonds is 4. The maximum Gasteiger partial charge on any atom is 0.243 e. The first-order valence-corrected chi connectivity index (χ1v) is 7.27. The van der Waals surface area contributed by atoms with E-state index in [1.807, 2.05) is 26.0 Å². The first kappa shape index (κ1) is 15.7. The van der Waals surface area contributed by atoms with Crippen molar-refractivity contribution in [3.05, 3.63) is 57.6 Å². The summed E-state index contributed by atoms with van der Waals surface area (Å²) in [6.45, 7) is 4.15. The van der Waals surface area contributed by atoms with Gasteiger partial charge in [0.05, 0.1) is 16.6 Å². The van der Waals surface area contributed by atoms with Crippen LogP contribution in [0.1, 0.15) is 11.1 Å². The SMILES string of the molecule is Cc1cc(C)cc(NC(=O)CNc2ccc(Cl)c(Cl)c2)c1. The zero-order valence-corrected chi connectivity index (χ0v) is 13.3. The minimum absolute atomic E-state index is 0.119. The molecule has 2 aromatic carbocycles. The van der Waals surface area contributed by atoms with Crippen LogP contribution in [0.15, 0.2) is 36.4 Å². The van der Waals surface area contributed by atoms with E-state index in [1.165, 1.54) is 0 Å². The second kappa shape index (κ2) is 6.83. The van der Waals surface area contributed by atoms with Crippen molar-refractivity contribution in [3.63, 3.8) is 0 Å². The third-order valence-electron chi connectivity index (χ3n) is 2.88. The number of carbonyl (C=O) groups excluding carboxylic acids is 1. The van der Waals surface area contributed by atoms with E-state index >= 15 is 0 Å². The third-order valence-corrected chi connectivity index (χ3v) is 3.62. The zero-order chi connectivity index (χ0) is 15.4. The highest BCUT2D eigenvalue weighted by molar-refractivity contribution is 6.42. The van der Waals surface area contributed by atoms with Crippen molar-refractivity contribution in [2.24, 2.45) is 0 Å². The molecule has 0 aliphatic heterocycles. The van der Waals surface area contributed by atoms with Crippen LogP contribution in [-0.2, 0) is 4.79 Å². The summed E-state index contributed by atoms with van der Waals surface area (Å²) in [7, 11) is 0. The van der Waals surface area contributed by atoms with Crippen LogP contribution >= 0.6 is 23.2 Å². The second-order valence-electron chi connectivity index (χ2n) is 4.91. The lowest BCUT2D eigenvalue weighted by molar-refractivity contribution is -0.114. The number of nitrogens with one attached hydrogen (secondary N) is 2. The standard InChI is InChI=1S/C16H16Cl2N2O/c1-10-5-11(2)7-13(6-10)20-16(21)9-19-12-3-4-14(17)15(18)8-12/h3-8,19H,9H2,1-2H3,(H,20,21). The van der Waals surface area contributed by atoms with E-state index in [-0.39, 0.29) is 12.5 Å². The lowest BCUT2D eigenvalue weighted by Crippen LogP contribution is -2.21. The van der Waals surface area contributed by atoms with Crippen molar-refractivity contribution in [1.29, 1.82) is 0 Å². The normalized spacial score (nSPS) is 10.3. The van der Waals surface area contributed by atoms with Crippen LogP contribution in [0, 0.1) is 13.8 Å². The molecule has 0 fully saturated rings. The summed E-state index contributed by atoms with van der Waals surface area (Å²) >= 11 is 11.8. The highest BCUT2D eigenvalue weighted by Gasteiger charge is 2.04. The Morgan fingerprint density at radius 3 is 2.24 bits per heavy atom. The summed E-state index contributed by atoms with van der Waals surface area (Å²) in [6, 6.07) is 11.1. The Labute approximate surface area is 134 Å². The second-order valence-corrected chi connectivity index (χ2v) is 5.72. The van der Waals surface area contributed by atoms with Crippen LogP contribution in [0.2, 0.25) is 10.0 Å². The monoisotopic (exact) mass is 322 g/mol. The molecule has 0 heterocycles. The minimum Gasteiger partial charge on any atom is -0.376 e. The van der Waals surface area contributed by atoms with Gasteiger partial charge < -0.3 is 10.6 Å². The molecule has 3 nitrogen and oxygen atoms in total. The van der Waals surface area contributed by atoms with Crippen molar-refractivity contribution in [2.75, 3.05) is 17.2 Å². The Bertz CT molecular complexity index is 651. The van der Waals surface area contributed by atoms with Crippen molar-refractivity contribution >= 4 is 40.5 Å². The molecule has 0 aliphatic carbocycles. The quantitative estimate of drug-likeness (QED) is 0.859. The number of benzene rings is 2. The fourth-order valence-electron chi connectivity index (χ4n) is 2.04. The number of carbonyl (C=O) groups is 1. The Kier molecular flexibility index (Phi) is 5.10. The predicted octanol–water partition coefficient (Wildman–Crippen LogP) is 4.66. The van der Waals surface area contributed by atoms with Gasteiger partial charge in [-0.25, -0.2) is 0 Å². The summed E-state index contributed by atoms with van der Waals surface area (Å²) in [5, 5.41) is 6.81. The van der Waals surface area contributed by atoms with Crippen molar-refractivity contribution in [2.45, 2.75) is 13.8 Å². The lowest BCUT2D eigenvalue weighted by Gasteiger charge is -2.10.